The Morgan fingerprint density at radius 2 is 0.952 bits per heavy atom. The van der Waals surface area contributed by atoms with E-state index in [9.17, 15) is 46.1 Å². The fourth-order valence-corrected chi connectivity index (χ4v) is 11.2. The molecule has 0 saturated carbocycles. The molecule has 2 fully saturated rings. The van der Waals surface area contributed by atoms with E-state index in [2.05, 4.69) is 29.9 Å². The van der Waals surface area contributed by atoms with Crippen LogP contribution < -0.4 is 9.47 Å². The van der Waals surface area contributed by atoms with Gasteiger partial charge in [-0.2, -0.15) is 36.5 Å². The summed E-state index contributed by atoms with van der Waals surface area (Å²) >= 11 is 0. The normalized spacial score (nSPS) is 16.8. The molecular formula is C60H58F6N12O6. The maximum absolute atomic E-state index is 14.3. The van der Waals surface area contributed by atoms with Crippen molar-refractivity contribution in [1.82, 2.24) is 48.8 Å². The van der Waals surface area contributed by atoms with Crippen molar-refractivity contribution in [2.45, 2.75) is 64.2 Å². The number of amides is 2. The molecule has 0 aliphatic carbocycles. The first-order valence-corrected chi connectivity index (χ1v) is 26.6. The Balaban J connectivity index is 0.000000202. The summed E-state index contributed by atoms with van der Waals surface area (Å²) in [6, 6.07) is 25.6. The van der Waals surface area contributed by atoms with E-state index < -0.39 is 47.6 Å². The summed E-state index contributed by atoms with van der Waals surface area (Å²) < 4.78 is 97.6. The predicted molar refractivity (Wildman–Crippen MR) is 299 cm³/mol. The summed E-state index contributed by atoms with van der Waals surface area (Å²) in [5, 5.41) is 28.3. The number of rotatable bonds is 12. The second-order valence-electron chi connectivity index (χ2n) is 20.3. The quantitative estimate of drug-likeness (QED) is 0.0876. The van der Waals surface area contributed by atoms with Crippen LogP contribution in [0.2, 0.25) is 0 Å². The van der Waals surface area contributed by atoms with Crippen molar-refractivity contribution in [2.24, 2.45) is 0 Å². The smallest absolute Gasteiger partial charge is 0.433 e. The molecule has 2 aliphatic heterocycles. The van der Waals surface area contributed by atoms with Gasteiger partial charge in [-0.1, -0.05) is 48.5 Å². The lowest BCUT2D eigenvalue weighted by molar-refractivity contribution is -0.144. The number of aliphatic hydroxyl groups excluding tert-OH is 2. The Morgan fingerprint density at radius 3 is 1.26 bits per heavy atom. The predicted octanol–water partition coefficient (Wildman–Crippen LogP) is 10.3. The van der Waals surface area contributed by atoms with Crippen molar-refractivity contribution >= 4 is 34.5 Å². The number of carbonyl (C=O) groups is 2. The second kappa shape index (κ2) is 24.5. The Kier molecular flexibility index (Phi) is 17.4. The van der Waals surface area contributed by atoms with Gasteiger partial charge in [0.2, 0.25) is 0 Å². The Labute approximate surface area is 479 Å². The number of ether oxygens (including phenoxy) is 2. The summed E-state index contributed by atoms with van der Waals surface area (Å²) in [6.45, 7) is 23.0. The summed E-state index contributed by atoms with van der Waals surface area (Å²) in [5.41, 5.74) is 0.711. The molecule has 2 amide bonds. The van der Waals surface area contributed by atoms with Gasteiger partial charge in [0.15, 0.2) is 34.1 Å². The van der Waals surface area contributed by atoms with Crippen molar-refractivity contribution in [1.29, 1.82) is 0 Å². The molecule has 6 heterocycles. The summed E-state index contributed by atoms with van der Waals surface area (Å²) in [6.07, 6.45) is -7.23. The standard InChI is InChI=1S/2C30H29F3N6O3/c2*1-18-16-37(25(17-40)22-7-5-6-8-24(22)34-3)13-14-38(18)29(41)23-15-35-39-27(30(31,32)33)19(2)26(36-28(23)39)20-9-11-21(42-4)12-10-20/h2*5-12,15,18,25,40H,13-14,16-17H2,1-2,4H3/t18-,25+;18-,25-/m11/s1. The van der Waals surface area contributed by atoms with E-state index >= 15 is 0 Å². The lowest BCUT2D eigenvalue weighted by Crippen LogP contribution is -2.55. The lowest BCUT2D eigenvalue weighted by Gasteiger charge is -2.43. The zero-order chi connectivity index (χ0) is 60.4. The summed E-state index contributed by atoms with van der Waals surface area (Å²) in [4.78, 5) is 51.0. The highest BCUT2D eigenvalue weighted by Crippen LogP contribution is 2.40. The number of hydrogen-bond donors (Lipinski definition) is 2. The van der Waals surface area contributed by atoms with Crippen molar-refractivity contribution < 1.29 is 55.6 Å². The van der Waals surface area contributed by atoms with Gasteiger partial charge in [-0.3, -0.25) is 19.4 Å². The molecule has 24 heteroatoms. The van der Waals surface area contributed by atoms with Crippen LogP contribution in [0.3, 0.4) is 0 Å². The monoisotopic (exact) mass is 1160 g/mol. The highest BCUT2D eigenvalue weighted by atomic mass is 19.4. The molecule has 436 valence electrons. The number of halogens is 6. The topological polar surface area (TPSA) is 175 Å². The van der Waals surface area contributed by atoms with Crippen LogP contribution in [-0.4, -0.2) is 150 Å². The van der Waals surface area contributed by atoms with Gasteiger partial charge >= 0.3 is 12.4 Å². The average molecular weight is 1160 g/mol. The number of alkyl halides is 6. The zero-order valence-electron chi connectivity index (χ0n) is 46.5. The van der Waals surface area contributed by atoms with Crippen LogP contribution in [0, 0.1) is 27.0 Å². The summed E-state index contributed by atoms with van der Waals surface area (Å²) in [5.74, 6) is 0.125. The SMILES string of the molecule is [C-]#[N+]c1ccccc1[C@@H](CO)N1CCN(C(=O)c2cnn3c(C(F)(F)F)c(C)c(-c4ccc(OC)cc4)nc23)[C@H](C)C1.[C-]#[N+]c1ccccc1[C@H](CO)N1CCN(C(=O)c2cnn3c(C(F)(F)F)c(C)c(-c4ccc(OC)cc4)nc23)[C@H](C)C1. The fourth-order valence-electron chi connectivity index (χ4n) is 11.2. The van der Waals surface area contributed by atoms with Crippen molar-refractivity contribution in [2.75, 3.05) is 66.7 Å². The Hall–Kier alpha value is -8.94. The molecular weight excluding hydrogens is 1100 g/mol. The number of piperazine rings is 2. The molecule has 0 bridgehead atoms. The lowest BCUT2D eigenvalue weighted by atomic mass is 10.0. The van der Waals surface area contributed by atoms with Gasteiger partial charge in [0, 0.05) is 85.7 Å². The minimum absolute atomic E-state index is 0.0346. The molecule has 18 nitrogen and oxygen atoms in total. The first kappa shape index (κ1) is 59.7. The van der Waals surface area contributed by atoms with Gasteiger partial charge in [0.1, 0.15) is 22.6 Å². The minimum Gasteiger partial charge on any atom is -0.497 e. The molecule has 0 radical (unpaired) electrons. The van der Waals surface area contributed by atoms with Crippen molar-refractivity contribution in [3.8, 4) is 34.0 Å². The van der Waals surface area contributed by atoms with Gasteiger partial charge in [-0.15, -0.1) is 0 Å². The van der Waals surface area contributed by atoms with E-state index in [1.54, 1.807) is 82.6 Å². The molecule has 8 aromatic rings. The fraction of sp³-hybridized carbons (Fsp3) is 0.333. The number of methoxy groups -OCH3 is 2. The number of aliphatic hydroxyl groups is 2. The summed E-state index contributed by atoms with van der Waals surface area (Å²) in [7, 11) is 2.99. The molecule has 4 atom stereocenters. The highest BCUT2D eigenvalue weighted by molar-refractivity contribution is 6.01. The van der Waals surface area contributed by atoms with E-state index in [0.29, 0.717) is 80.3 Å². The minimum atomic E-state index is -4.75. The van der Waals surface area contributed by atoms with Crippen LogP contribution in [0.4, 0.5) is 37.7 Å². The van der Waals surface area contributed by atoms with Gasteiger partial charge in [0.25, 0.3) is 11.8 Å². The van der Waals surface area contributed by atoms with E-state index in [-0.39, 0.29) is 83.3 Å². The maximum Gasteiger partial charge on any atom is 0.433 e. The number of benzene rings is 4. The van der Waals surface area contributed by atoms with Crippen LogP contribution in [0.1, 0.15) is 80.3 Å². The molecule has 2 N–H and O–H groups in total. The van der Waals surface area contributed by atoms with E-state index in [1.165, 1.54) is 28.1 Å². The Bertz CT molecular complexity index is 3570. The molecule has 4 aromatic carbocycles. The van der Waals surface area contributed by atoms with Crippen LogP contribution >= 0.6 is 0 Å². The third-order valence-corrected chi connectivity index (χ3v) is 15.4. The highest BCUT2D eigenvalue weighted by Gasteiger charge is 2.42. The van der Waals surface area contributed by atoms with Gasteiger partial charge < -0.3 is 29.5 Å². The van der Waals surface area contributed by atoms with Crippen LogP contribution in [-0.2, 0) is 12.4 Å². The number of carbonyl (C=O) groups excluding carboxylic acids is 2. The average Bonchev–Trinajstić information content (AvgIpc) is 1.86. The van der Waals surface area contributed by atoms with E-state index in [4.69, 9.17) is 22.6 Å². The molecule has 4 aromatic heterocycles. The number of aromatic nitrogens is 6. The van der Waals surface area contributed by atoms with Crippen LogP contribution in [0.25, 0.3) is 43.5 Å². The van der Waals surface area contributed by atoms with E-state index in [1.807, 2.05) is 47.9 Å². The third-order valence-electron chi connectivity index (χ3n) is 15.4. The van der Waals surface area contributed by atoms with E-state index in [0.717, 1.165) is 12.4 Å². The zero-order valence-corrected chi connectivity index (χ0v) is 46.5. The van der Waals surface area contributed by atoms with Crippen molar-refractivity contribution in [3.63, 3.8) is 0 Å². The molecule has 2 aliphatic rings. The maximum atomic E-state index is 14.3. The molecule has 0 unspecified atom stereocenters. The number of fused-ring (bicyclic) bond motifs is 2. The molecule has 2 saturated heterocycles. The molecule has 10 rings (SSSR count). The second-order valence-corrected chi connectivity index (χ2v) is 20.3. The molecule has 0 spiro atoms. The molecule has 84 heavy (non-hydrogen) atoms. The largest absolute Gasteiger partial charge is 0.497 e. The first-order valence-electron chi connectivity index (χ1n) is 26.6. The Morgan fingerprint density at radius 1 is 0.595 bits per heavy atom. The van der Waals surface area contributed by atoms with Crippen molar-refractivity contribution in [3.05, 3.63) is 177 Å². The van der Waals surface area contributed by atoms with Crippen LogP contribution in [0.5, 0.6) is 11.5 Å². The first-order chi connectivity index (χ1) is 40.2. The third kappa shape index (κ3) is 11.6. The number of hydrogen-bond acceptors (Lipinski definition) is 12. The van der Waals surface area contributed by atoms with Crippen LogP contribution in [0.15, 0.2) is 109 Å². The van der Waals surface area contributed by atoms with Gasteiger partial charge in [0.05, 0.1) is 64.4 Å². The number of para-hydroxylation sites is 2. The van der Waals surface area contributed by atoms with Gasteiger partial charge in [-0.05, 0) is 87.4 Å². The van der Waals surface area contributed by atoms with Gasteiger partial charge in [-0.25, -0.2) is 28.7 Å². The number of nitrogens with zero attached hydrogens (tertiary/aromatic N) is 12.